The van der Waals surface area contributed by atoms with E-state index in [1.54, 1.807) is 6.08 Å². The third-order valence-electron chi connectivity index (χ3n) is 0.883. The molecule has 9 heavy (non-hydrogen) atoms. The zero-order chi connectivity index (χ0) is 6.69. The Balaban J connectivity index is 2.69. The first-order valence-corrected chi connectivity index (χ1v) is 2.87. The summed E-state index contributed by atoms with van der Waals surface area (Å²) in [5, 5.41) is 0.542. The van der Waals surface area contributed by atoms with Crippen molar-refractivity contribution < 1.29 is 9.53 Å². The first kappa shape index (κ1) is 6.36. The standard InChI is InChI=1S/C6H5ClO2/c7-5-1-2-6(8)9-4-3-5/h1-3H,4H2. The summed E-state index contributed by atoms with van der Waals surface area (Å²) in [4.78, 5) is 10.4. The molecule has 0 aromatic carbocycles. The second-order valence-corrected chi connectivity index (χ2v) is 1.99. The normalized spacial score (nSPS) is 18.3. The van der Waals surface area contributed by atoms with E-state index in [4.69, 9.17) is 11.6 Å². The molecule has 0 atom stereocenters. The highest BCUT2D eigenvalue weighted by Gasteiger charge is 1.98. The highest BCUT2D eigenvalue weighted by molar-refractivity contribution is 6.31. The van der Waals surface area contributed by atoms with E-state index in [1.807, 2.05) is 0 Å². The van der Waals surface area contributed by atoms with Gasteiger partial charge in [0, 0.05) is 11.1 Å². The molecule has 48 valence electrons. The van der Waals surface area contributed by atoms with Crippen LogP contribution < -0.4 is 0 Å². The van der Waals surface area contributed by atoms with E-state index in [-0.39, 0.29) is 12.6 Å². The summed E-state index contributed by atoms with van der Waals surface area (Å²) in [6.07, 6.45) is 4.44. The number of cyclic esters (lactones) is 1. The fourth-order valence-electron chi connectivity index (χ4n) is 0.467. The minimum absolute atomic E-state index is 0.269. The van der Waals surface area contributed by atoms with Gasteiger partial charge in [0.05, 0.1) is 0 Å². The Kier molecular flexibility index (Phi) is 1.90. The van der Waals surface area contributed by atoms with Crippen LogP contribution in [0.4, 0.5) is 0 Å². The van der Waals surface area contributed by atoms with Crippen LogP contribution in [-0.2, 0) is 9.53 Å². The number of hydrogen-bond acceptors (Lipinski definition) is 2. The Labute approximate surface area is 57.8 Å². The Morgan fingerprint density at radius 1 is 1.56 bits per heavy atom. The molecule has 0 unspecified atom stereocenters. The molecule has 0 aliphatic carbocycles. The predicted molar refractivity (Wildman–Crippen MR) is 34.0 cm³/mol. The highest BCUT2D eigenvalue weighted by Crippen LogP contribution is 2.05. The van der Waals surface area contributed by atoms with Crippen molar-refractivity contribution in [2.75, 3.05) is 6.61 Å². The van der Waals surface area contributed by atoms with Crippen molar-refractivity contribution in [3.05, 3.63) is 23.3 Å². The monoisotopic (exact) mass is 144 g/mol. The maximum Gasteiger partial charge on any atom is 0.331 e. The molecule has 2 nitrogen and oxygen atoms in total. The summed E-state index contributed by atoms with van der Waals surface area (Å²) in [7, 11) is 0. The maximum atomic E-state index is 10.4. The molecule has 1 rings (SSSR count). The Bertz CT molecular complexity index is 181. The van der Waals surface area contributed by atoms with Crippen molar-refractivity contribution in [1.29, 1.82) is 0 Å². The van der Waals surface area contributed by atoms with Crippen molar-refractivity contribution >= 4 is 17.6 Å². The molecule has 0 N–H and O–H groups in total. The van der Waals surface area contributed by atoms with Gasteiger partial charge in [-0.25, -0.2) is 4.79 Å². The van der Waals surface area contributed by atoms with Crippen LogP contribution in [0.1, 0.15) is 0 Å². The Hall–Kier alpha value is -0.760. The number of halogens is 1. The van der Waals surface area contributed by atoms with Gasteiger partial charge in [-0.2, -0.15) is 0 Å². The molecule has 0 saturated carbocycles. The minimum atomic E-state index is -0.345. The van der Waals surface area contributed by atoms with Crippen LogP contribution in [-0.4, -0.2) is 12.6 Å². The molecule has 0 fully saturated rings. The fourth-order valence-corrected chi connectivity index (χ4v) is 0.593. The summed E-state index contributed by atoms with van der Waals surface area (Å²) in [6, 6.07) is 0. The van der Waals surface area contributed by atoms with Gasteiger partial charge in [-0.1, -0.05) is 11.6 Å². The van der Waals surface area contributed by atoms with E-state index < -0.39 is 0 Å². The van der Waals surface area contributed by atoms with Crippen LogP contribution in [0.25, 0.3) is 0 Å². The number of esters is 1. The summed E-state index contributed by atoms with van der Waals surface area (Å²) in [5.41, 5.74) is 0. The largest absolute Gasteiger partial charge is 0.458 e. The topological polar surface area (TPSA) is 26.3 Å². The van der Waals surface area contributed by atoms with Gasteiger partial charge in [0.2, 0.25) is 0 Å². The van der Waals surface area contributed by atoms with E-state index >= 15 is 0 Å². The van der Waals surface area contributed by atoms with Crippen LogP contribution >= 0.6 is 11.6 Å². The van der Waals surface area contributed by atoms with Gasteiger partial charge in [0.1, 0.15) is 6.61 Å². The maximum absolute atomic E-state index is 10.4. The number of allylic oxidation sites excluding steroid dienone is 2. The highest BCUT2D eigenvalue weighted by atomic mass is 35.5. The summed E-state index contributed by atoms with van der Waals surface area (Å²) < 4.78 is 4.59. The molecule has 1 aliphatic heterocycles. The van der Waals surface area contributed by atoms with Gasteiger partial charge in [-0.05, 0) is 12.2 Å². The smallest absolute Gasteiger partial charge is 0.331 e. The average molecular weight is 145 g/mol. The van der Waals surface area contributed by atoms with Crippen molar-refractivity contribution in [2.24, 2.45) is 0 Å². The Morgan fingerprint density at radius 3 is 3.11 bits per heavy atom. The van der Waals surface area contributed by atoms with Gasteiger partial charge in [-0.3, -0.25) is 0 Å². The first-order chi connectivity index (χ1) is 4.29. The quantitative estimate of drug-likeness (QED) is 0.478. The van der Waals surface area contributed by atoms with Crippen LogP contribution in [0.3, 0.4) is 0 Å². The third-order valence-corrected chi connectivity index (χ3v) is 1.16. The fraction of sp³-hybridized carbons (Fsp3) is 0.167. The average Bonchev–Trinajstić information content (AvgIpc) is 1.97. The molecular formula is C6H5ClO2. The predicted octanol–water partition coefficient (Wildman–Crippen LogP) is 1.22. The zero-order valence-corrected chi connectivity index (χ0v) is 5.39. The lowest BCUT2D eigenvalue weighted by molar-refractivity contribution is -0.136. The first-order valence-electron chi connectivity index (χ1n) is 2.49. The van der Waals surface area contributed by atoms with Crippen LogP contribution in [0, 0.1) is 0 Å². The van der Waals surface area contributed by atoms with Crippen molar-refractivity contribution in [3.8, 4) is 0 Å². The SMILES string of the molecule is O=C1C=CC(Cl)=CCO1. The molecule has 0 aromatic heterocycles. The minimum Gasteiger partial charge on any atom is -0.458 e. The summed E-state index contributed by atoms with van der Waals surface area (Å²) in [5.74, 6) is -0.345. The second-order valence-electron chi connectivity index (χ2n) is 1.55. The zero-order valence-electron chi connectivity index (χ0n) is 4.63. The molecule has 0 amide bonds. The molecule has 3 heteroatoms. The molecule has 0 radical (unpaired) electrons. The van der Waals surface area contributed by atoms with Gasteiger partial charge in [0.25, 0.3) is 0 Å². The number of rotatable bonds is 0. The lowest BCUT2D eigenvalue weighted by atomic mass is 10.4. The number of carbonyl (C=O) groups excluding carboxylic acids is 1. The molecule has 0 bridgehead atoms. The second kappa shape index (κ2) is 2.69. The Morgan fingerprint density at radius 2 is 2.33 bits per heavy atom. The van der Waals surface area contributed by atoms with Gasteiger partial charge >= 0.3 is 5.97 Å². The van der Waals surface area contributed by atoms with E-state index in [9.17, 15) is 4.79 Å². The molecule has 1 aliphatic rings. The number of hydrogen-bond donors (Lipinski definition) is 0. The lowest BCUT2D eigenvalue weighted by Gasteiger charge is -1.90. The van der Waals surface area contributed by atoms with E-state index in [1.165, 1.54) is 12.2 Å². The van der Waals surface area contributed by atoms with Crippen molar-refractivity contribution in [1.82, 2.24) is 0 Å². The molecule has 0 spiro atoms. The van der Waals surface area contributed by atoms with Crippen molar-refractivity contribution in [2.45, 2.75) is 0 Å². The number of ether oxygens (including phenoxy) is 1. The molecule has 0 saturated heterocycles. The van der Waals surface area contributed by atoms with E-state index in [0.29, 0.717) is 5.03 Å². The van der Waals surface area contributed by atoms with Crippen molar-refractivity contribution in [3.63, 3.8) is 0 Å². The van der Waals surface area contributed by atoms with Crippen LogP contribution in [0.2, 0.25) is 0 Å². The molecule has 1 heterocycles. The third kappa shape index (κ3) is 1.90. The van der Waals surface area contributed by atoms with E-state index in [2.05, 4.69) is 4.74 Å². The summed E-state index contributed by atoms with van der Waals surface area (Å²) >= 11 is 5.53. The van der Waals surface area contributed by atoms with E-state index in [0.717, 1.165) is 0 Å². The molecular weight excluding hydrogens is 140 g/mol. The van der Waals surface area contributed by atoms with Crippen LogP contribution in [0.15, 0.2) is 23.3 Å². The van der Waals surface area contributed by atoms with Gasteiger partial charge < -0.3 is 4.74 Å². The molecule has 0 aromatic rings. The van der Waals surface area contributed by atoms with Gasteiger partial charge in [-0.15, -0.1) is 0 Å². The summed E-state index contributed by atoms with van der Waals surface area (Å²) in [6.45, 7) is 0.269. The lowest BCUT2D eigenvalue weighted by Crippen LogP contribution is -1.97. The van der Waals surface area contributed by atoms with Gasteiger partial charge in [0.15, 0.2) is 0 Å². The number of carbonyl (C=O) groups is 1. The van der Waals surface area contributed by atoms with Crippen LogP contribution in [0.5, 0.6) is 0 Å².